The van der Waals surface area contributed by atoms with Crippen LogP contribution in [0.25, 0.3) is 11.1 Å². The average molecular weight is 1040 g/mol. The van der Waals surface area contributed by atoms with E-state index < -0.39 is 190 Å². The second-order valence-electron chi connectivity index (χ2n) is 14.6. The van der Waals surface area contributed by atoms with Crippen LogP contribution in [-0.4, -0.2) is 7.32 Å². The molecule has 0 aliphatic carbocycles. The van der Waals surface area contributed by atoms with Crippen molar-refractivity contribution in [1.82, 2.24) is 0 Å². The van der Waals surface area contributed by atoms with Crippen molar-refractivity contribution >= 4 is 17.3 Å². The minimum absolute atomic E-state index is 0.232. The first-order valence-corrected chi connectivity index (χ1v) is 21.3. The molecule has 71 heavy (non-hydrogen) atoms. The van der Waals surface area contributed by atoms with Gasteiger partial charge in [-0.05, 0) is 45.2 Å². The zero-order valence-electron chi connectivity index (χ0n) is 34.6. The lowest BCUT2D eigenvalue weighted by Gasteiger charge is -2.48. The molecule has 0 bridgehead atoms. The number of halogens is 20. The molecule has 0 aromatic heterocycles. The molecule has 0 amide bonds. The molecule has 2 atom stereocenters. The Morgan fingerprint density at radius 3 is 1.00 bits per heavy atom. The molecule has 7 aromatic carbocycles. The maximum absolute atomic E-state index is 16.6. The van der Waals surface area contributed by atoms with E-state index in [9.17, 15) is 35.1 Å². The fraction of sp³-hybridized carbons (Fsp3) is 0.0870. The molecule has 0 radical (unpaired) electrons. The summed E-state index contributed by atoms with van der Waals surface area (Å²) in [5.41, 5.74) is -10.8. The summed E-state index contributed by atoms with van der Waals surface area (Å²) in [5.74, 6) is -56.5. The SMILES string of the molecule is Fc1c(F)c(F)c(COB(OCc2c(F)c(F)c(F)c(F)c2F)OC(c2c(F)c(F)c(F)c(F)c2F)S(Cc2c(F)c(F)c(F)c(F)c2F)(c2ccccc2)c2ccc(-c3ccccc3)cc2)c(F)c1F. The van der Waals surface area contributed by atoms with Crippen molar-refractivity contribution in [2.45, 2.75) is 34.2 Å². The summed E-state index contributed by atoms with van der Waals surface area (Å²) in [6, 6.07) is 17.1. The highest BCUT2D eigenvalue weighted by atomic mass is 32.3. The third-order valence-corrected chi connectivity index (χ3v) is 14.7. The average Bonchev–Trinajstić information content (AvgIpc) is 3.38. The molecule has 0 spiro atoms. The van der Waals surface area contributed by atoms with Gasteiger partial charge in [0.15, 0.2) is 93.1 Å². The van der Waals surface area contributed by atoms with Crippen LogP contribution in [0.5, 0.6) is 0 Å². The Balaban J connectivity index is 1.58. The van der Waals surface area contributed by atoms with Crippen LogP contribution in [0.2, 0.25) is 0 Å². The standard InChI is InChI=1S/C46H21BF20O3S/c48-26-22(27(49)35(57)42(64)34(26)56)15-68-47(69-16-23-28(50)36(58)43(65)37(59)29(23)51)70-46(25-32(54)40(62)45(67)41(63)33(25)55)71(20-9-5-2-6-10-20,17-24-30(52)38(60)44(66)39(61)31(24)53)21-13-11-19(12-14-21)18-7-3-1-4-8-18/h1-14,46H,15-17H2. The highest BCUT2D eigenvalue weighted by molar-refractivity contribution is 8.33. The van der Waals surface area contributed by atoms with Gasteiger partial charge in [0.25, 0.3) is 0 Å². The van der Waals surface area contributed by atoms with Gasteiger partial charge in [0, 0.05) is 11.3 Å². The monoisotopic (exact) mass is 1040 g/mol. The molecule has 3 nitrogen and oxygen atoms in total. The Morgan fingerprint density at radius 2 is 0.620 bits per heavy atom. The topological polar surface area (TPSA) is 27.7 Å². The largest absolute Gasteiger partial charge is 0.641 e. The van der Waals surface area contributed by atoms with Gasteiger partial charge in [-0.1, -0.05) is 60.7 Å². The van der Waals surface area contributed by atoms with Gasteiger partial charge in [0.1, 0.15) is 5.44 Å². The zero-order valence-corrected chi connectivity index (χ0v) is 35.4. The van der Waals surface area contributed by atoms with Crippen molar-refractivity contribution in [3.63, 3.8) is 0 Å². The smallest absolute Gasteiger partial charge is 0.381 e. The lowest BCUT2D eigenvalue weighted by atomic mass is 10.1. The van der Waals surface area contributed by atoms with Crippen LogP contribution in [0.15, 0.2) is 94.7 Å². The van der Waals surface area contributed by atoms with E-state index in [0.717, 1.165) is 36.4 Å². The quantitative estimate of drug-likeness (QED) is 0.0443. The summed E-state index contributed by atoms with van der Waals surface area (Å²) in [4.78, 5) is -1.22. The van der Waals surface area contributed by atoms with Gasteiger partial charge in [-0.3, -0.25) is 0 Å². The summed E-state index contributed by atoms with van der Waals surface area (Å²) in [5, 5.41) is 0. The molecule has 7 aromatic rings. The van der Waals surface area contributed by atoms with Gasteiger partial charge in [-0.15, -0.1) is 0 Å². The lowest BCUT2D eigenvalue weighted by Crippen LogP contribution is -2.34. The van der Waals surface area contributed by atoms with E-state index in [1.807, 2.05) is 0 Å². The maximum atomic E-state index is 16.6. The van der Waals surface area contributed by atoms with Crippen LogP contribution >= 0.6 is 10.0 Å². The number of rotatable bonds is 15. The first-order valence-electron chi connectivity index (χ1n) is 19.5. The normalized spacial score (nSPS) is 13.4. The molecule has 0 saturated carbocycles. The molecule has 0 aliphatic rings. The van der Waals surface area contributed by atoms with E-state index in [1.165, 1.54) is 42.5 Å². The van der Waals surface area contributed by atoms with Crippen LogP contribution < -0.4 is 0 Å². The molecule has 0 saturated heterocycles. The summed E-state index contributed by atoms with van der Waals surface area (Å²) < 4.78 is 317. The first-order chi connectivity index (χ1) is 33.6. The number of hydrogen-bond donors (Lipinski definition) is 0. The molecule has 25 heteroatoms. The van der Waals surface area contributed by atoms with Crippen molar-refractivity contribution < 1.29 is 102 Å². The summed E-state index contributed by atoms with van der Waals surface area (Å²) in [7, 11) is -8.25. The van der Waals surface area contributed by atoms with E-state index in [0.29, 0.717) is 5.56 Å². The van der Waals surface area contributed by atoms with Gasteiger partial charge in [0.2, 0.25) is 23.3 Å². The van der Waals surface area contributed by atoms with Crippen molar-refractivity contribution in [1.29, 1.82) is 0 Å². The van der Waals surface area contributed by atoms with Crippen molar-refractivity contribution in [2.24, 2.45) is 0 Å². The Kier molecular flexibility index (Phi) is 15.2. The van der Waals surface area contributed by atoms with Crippen LogP contribution in [0.3, 0.4) is 0 Å². The fourth-order valence-electron chi connectivity index (χ4n) is 7.09. The lowest BCUT2D eigenvalue weighted by molar-refractivity contribution is 0.0663. The Hall–Kier alpha value is -6.57. The van der Waals surface area contributed by atoms with Crippen molar-refractivity contribution in [3.8, 4) is 11.1 Å². The predicted octanol–water partition coefficient (Wildman–Crippen LogP) is 14.7. The molecule has 372 valence electrons. The van der Waals surface area contributed by atoms with Gasteiger partial charge < -0.3 is 14.0 Å². The second-order valence-corrected chi connectivity index (χ2v) is 17.9. The van der Waals surface area contributed by atoms with Gasteiger partial charge in [-0.2, -0.15) is 10.0 Å². The third-order valence-electron chi connectivity index (χ3n) is 10.6. The molecule has 0 N–H and O–H groups in total. The minimum atomic E-state index is -4.80. The van der Waals surface area contributed by atoms with Gasteiger partial charge >= 0.3 is 7.32 Å². The first kappa shape index (κ1) is 52.3. The van der Waals surface area contributed by atoms with Crippen LogP contribution in [0.4, 0.5) is 87.8 Å². The number of hydrogen-bond acceptors (Lipinski definition) is 3. The van der Waals surface area contributed by atoms with E-state index >= 15 is 52.7 Å². The summed E-state index contributed by atoms with van der Waals surface area (Å²) in [6.07, 6.45) is 0. The molecule has 0 aliphatic heterocycles. The minimum Gasteiger partial charge on any atom is -0.381 e. The Morgan fingerprint density at radius 1 is 0.324 bits per heavy atom. The van der Waals surface area contributed by atoms with Gasteiger partial charge in [-0.25, -0.2) is 87.8 Å². The van der Waals surface area contributed by atoms with Crippen LogP contribution in [0, 0.1) is 116 Å². The van der Waals surface area contributed by atoms with E-state index in [2.05, 4.69) is 0 Å². The molecular weight excluding hydrogens is 1020 g/mol. The van der Waals surface area contributed by atoms with E-state index in [-0.39, 0.29) is 5.56 Å². The third kappa shape index (κ3) is 9.30. The molecule has 0 fully saturated rings. The highest BCUT2D eigenvalue weighted by Crippen LogP contribution is 2.74. The second kappa shape index (κ2) is 20.6. The predicted molar refractivity (Wildman–Crippen MR) is 210 cm³/mol. The Labute approximate surface area is 387 Å². The molecule has 7 rings (SSSR count). The highest BCUT2D eigenvalue weighted by Gasteiger charge is 2.49. The fourth-order valence-corrected chi connectivity index (χ4v) is 11.2. The van der Waals surface area contributed by atoms with Gasteiger partial charge in [0.05, 0.1) is 29.9 Å². The van der Waals surface area contributed by atoms with Crippen molar-refractivity contribution in [2.75, 3.05) is 0 Å². The van der Waals surface area contributed by atoms with E-state index in [1.54, 1.807) is 6.07 Å². The summed E-state index contributed by atoms with van der Waals surface area (Å²) >= 11 is 0. The number of benzene rings is 7. The Bertz CT molecular complexity index is 3000. The molecule has 2 unspecified atom stereocenters. The van der Waals surface area contributed by atoms with E-state index in [4.69, 9.17) is 14.0 Å². The zero-order chi connectivity index (χ0) is 52.0. The molecular formula is C46H21BF20O3S. The van der Waals surface area contributed by atoms with Crippen molar-refractivity contribution in [3.05, 3.63) is 224 Å². The summed E-state index contributed by atoms with van der Waals surface area (Å²) in [6.45, 7) is -4.21. The molecule has 0 heterocycles. The maximum Gasteiger partial charge on any atom is 0.641 e. The van der Waals surface area contributed by atoms with Crippen LogP contribution in [-0.2, 0) is 32.9 Å². The van der Waals surface area contributed by atoms with Crippen LogP contribution in [0.1, 0.15) is 27.7 Å².